The fourth-order valence-corrected chi connectivity index (χ4v) is 6.12. The number of hydrogen-bond donors (Lipinski definition) is 2. The molecule has 0 radical (unpaired) electrons. The van der Waals surface area contributed by atoms with E-state index in [2.05, 4.69) is 17.4 Å². The van der Waals surface area contributed by atoms with E-state index in [-0.39, 0.29) is 12.0 Å². The van der Waals surface area contributed by atoms with Crippen molar-refractivity contribution in [2.24, 2.45) is 0 Å². The molecule has 2 fully saturated rings. The van der Waals surface area contributed by atoms with Gasteiger partial charge < -0.3 is 19.9 Å². The third kappa shape index (κ3) is 6.71. The van der Waals surface area contributed by atoms with Crippen molar-refractivity contribution in [3.8, 4) is 0 Å². The van der Waals surface area contributed by atoms with Crippen LogP contribution >= 0.6 is 0 Å². The zero-order chi connectivity index (χ0) is 26.3. The molecular formula is C30H40FN3O4. The highest BCUT2D eigenvalue weighted by Gasteiger charge is 2.36. The Kier molecular flexibility index (Phi) is 9.25. The maximum Gasteiger partial charge on any atom is 0.325 e. The number of carboxylic acids is 1. The van der Waals surface area contributed by atoms with Crippen LogP contribution in [0.4, 0.5) is 10.1 Å². The summed E-state index contributed by atoms with van der Waals surface area (Å²) in [6.45, 7) is 4.19. The summed E-state index contributed by atoms with van der Waals surface area (Å²) in [5, 5.41) is 13.6. The molecule has 4 heterocycles. The molecule has 7 nitrogen and oxygen atoms in total. The predicted octanol–water partition coefficient (Wildman–Crippen LogP) is 5.10. The van der Waals surface area contributed by atoms with Gasteiger partial charge in [0.2, 0.25) is 0 Å². The van der Waals surface area contributed by atoms with Crippen LogP contribution in [-0.4, -0.2) is 66.5 Å². The maximum absolute atomic E-state index is 14.3. The third-order valence-corrected chi connectivity index (χ3v) is 8.15. The summed E-state index contributed by atoms with van der Waals surface area (Å²) in [5.41, 5.74) is 5.06. The molecule has 0 spiro atoms. The van der Waals surface area contributed by atoms with E-state index in [9.17, 15) is 14.3 Å². The summed E-state index contributed by atoms with van der Waals surface area (Å²) in [5.74, 6) is -1.13. The lowest BCUT2D eigenvalue weighted by atomic mass is 9.85. The van der Waals surface area contributed by atoms with Gasteiger partial charge in [-0.05, 0) is 92.7 Å². The van der Waals surface area contributed by atoms with Crippen LogP contribution in [0.2, 0.25) is 0 Å². The number of rotatable bonds is 11. The van der Waals surface area contributed by atoms with Crippen molar-refractivity contribution in [1.29, 1.82) is 0 Å². The fourth-order valence-electron chi connectivity index (χ4n) is 6.12. The summed E-state index contributed by atoms with van der Waals surface area (Å²) in [6, 6.07) is 8.07. The Hall–Kier alpha value is -2.55. The van der Waals surface area contributed by atoms with Crippen molar-refractivity contribution < 1.29 is 23.8 Å². The first-order valence-corrected chi connectivity index (χ1v) is 14.3. The molecule has 206 valence electrons. The molecule has 8 heteroatoms. The second-order valence-corrected chi connectivity index (χ2v) is 10.8. The summed E-state index contributed by atoms with van der Waals surface area (Å²) in [6.07, 6.45) is 8.76. The average molecular weight is 526 g/mol. The molecule has 0 bridgehead atoms. The number of carbonyl (C=O) groups is 1. The standard InChI is InChI=1S/C30H40FN3O4/c31-22-7-9-25(21-12-17-37-18-13-21)26(19-22)29(30(35)36)34-15-11-24(20-34)38-16-3-1-2-5-23-8-10-27-28(33-23)6-4-14-32-27/h7-10,19,21,24,29,32H,1-6,11-18,20H2,(H,35,36)/t24-,29?/m1/s1. The largest absolute Gasteiger partial charge is 0.480 e. The number of likely N-dealkylation sites (tertiary alicyclic amines) is 1. The van der Waals surface area contributed by atoms with Crippen molar-refractivity contribution in [1.82, 2.24) is 9.88 Å². The smallest absolute Gasteiger partial charge is 0.325 e. The molecule has 0 aliphatic carbocycles. The van der Waals surface area contributed by atoms with Crippen LogP contribution in [-0.2, 0) is 27.1 Å². The van der Waals surface area contributed by atoms with Gasteiger partial charge in [-0.2, -0.15) is 0 Å². The number of nitrogens with zero attached hydrogens (tertiary/aromatic N) is 2. The lowest BCUT2D eigenvalue weighted by Gasteiger charge is -2.30. The predicted molar refractivity (Wildman–Crippen MR) is 144 cm³/mol. The molecule has 2 N–H and O–H groups in total. The zero-order valence-corrected chi connectivity index (χ0v) is 22.2. The number of nitrogens with one attached hydrogen (secondary N) is 1. The van der Waals surface area contributed by atoms with Gasteiger partial charge in [0.25, 0.3) is 0 Å². The number of halogens is 1. The number of aromatic nitrogens is 1. The van der Waals surface area contributed by atoms with E-state index in [0.29, 0.717) is 38.5 Å². The Labute approximate surface area is 224 Å². The second-order valence-electron chi connectivity index (χ2n) is 10.8. The number of ether oxygens (including phenoxy) is 2. The number of benzene rings is 1. The minimum absolute atomic E-state index is 0.00625. The van der Waals surface area contributed by atoms with Gasteiger partial charge in [-0.25, -0.2) is 4.39 Å². The molecule has 38 heavy (non-hydrogen) atoms. The topological polar surface area (TPSA) is 83.9 Å². The van der Waals surface area contributed by atoms with Crippen LogP contribution < -0.4 is 5.32 Å². The number of unbranched alkanes of at least 4 members (excludes halogenated alkanes) is 2. The number of carboxylic acid groups (broad SMARTS) is 1. The van der Waals surface area contributed by atoms with Crippen molar-refractivity contribution in [3.63, 3.8) is 0 Å². The van der Waals surface area contributed by atoms with Gasteiger partial charge >= 0.3 is 5.97 Å². The van der Waals surface area contributed by atoms with Crippen LogP contribution in [0.5, 0.6) is 0 Å². The van der Waals surface area contributed by atoms with E-state index in [1.165, 1.54) is 23.5 Å². The number of aryl methyl sites for hydroxylation is 2. The molecule has 1 unspecified atom stereocenters. The van der Waals surface area contributed by atoms with Crippen LogP contribution in [0.25, 0.3) is 0 Å². The van der Waals surface area contributed by atoms with Crippen molar-refractivity contribution in [3.05, 3.63) is 58.7 Å². The second kappa shape index (κ2) is 13.0. The van der Waals surface area contributed by atoms with E-state index in [1.54, 1.807) is 6.07 Å². The number of pyridine rings is 1. The first-order chi connectivity index (χ1) is 18.6. The molecular weight excluding hydrogens is 485 g/mol. The van der Waals surface area contributed by atoms with Gasteiger partial charge in [0, 0.05) is 45.1 Å². The molecule has 2 aromatic rings. The van der Waals surface area contributed by atoms with Gasteiger partial charge in [-0.3, -0.25) is 14.7 Å². The van der Waals surface area contributed by atoms with Crippen molar-refractivity contribution in [2.45, 2.75) is 75.9 Å². The summed E-state index contributed by atoms with van der Waals surface area (Å²) < 4.78 is 25.9. The van der Waals surface area contributed by atoms with Gasteiger partial charge in [-0.15, -0.1) is 0 Å². The van der Waals surface area contributed by atoms with Gasteiger partial charge in [-0.1, -0.05) is 12.5 Å². The molecule has 1 aromatic heterocycles. The quantitative estimate of drug-likeness (QED) is 0.395. The minimum atomic E-state index is -0.934. The lowest BCUT2D eigenvalue weighted by Crippen LogP contribution is -2.34. The van der Waals surface area contributed by atoms with Crippen molar-refractivity contribution in [2.75, 3.05) is 44.8 Å². The average Bonchev–Trinajstić information content (AvgIpc) is 3.39. The molecule has 5 rings (SSSR count). The molecule has 2 atom stereocenters. The van der Waals surface area contributed by atoms with Gasteiger partial charge in [0.15, 0.2) is 0 Å². The van der Waals surface area contributed by atoms with Crippen LogP contribution in [0.1, 0.15) is 79.4 Å². The van der Waals surface area contributed by atoms with Crippen molar-refractivity contribution >= 4 is 11.7 Å². The van der Waals surface area contributed by atoms with Gasteiger partial charge in [0.1, 0.15) is 11.9 Å². The van der Waals surface area contributed by atoms with E-state index in [4.69, 9.17) is 14.5 Å². The molecule has 3 aliphatic heterocycles. The first-order valence-electron chi connectivity index (χ1n) is 14.3. The molecule has 0 saturated carbocycles. The summed E-state index contributed by atoms with van der Waals surface area (Å²) >= 11 is 0. The third-order valence-electron chi connectivity index (χ3n) is 8.15. The maximum atomic E-state index is 14.3. The molecule has 1 aromatic carbocycles. The number of aliphatic carboxylic acids is 1. The van der Waals surface area contributed by atoms with Gasteiger partial charge in [0.05, 0.1) is 17.5 Å². The normalized spacial score (nSPS) is 21.1. The monoisotopic (exact) mass is 525 g/mol. The lowest BCUT2D eigenvalue weighted by molar-refractivity contribution is -0.143. The highest BCUT2D eigenvalue weighted by Crippen LogP contribution is 2.36. The highest BCUT2D eigenvalue weighted by molar-refractivity contribution is 5.76. The van der Waals surface area contributed by atoms with E-state index in [0.717, 1.165) is 75.6 Å². The highest BCUT2D eigenvalue weighted by atomic mass is 19.1. The number of anilines is 1. The molecule has 0 amide bonds. The Morgan fingerprint density at radius 1 is 1.18 bits per heavy atom. The SMILES string of the molecule is O=C(O)C(c1cc(F)ccc1C1CCOCC1)N1CC[C@@H](OCCCCCc2ccc3c(n2)CCCN3)C1. The fraction of sp³-hybridized carbons (Fsp3) is 0.600. The number of fused-ring (bicyclic) bond motifs is 1. The van der Waals surface area contributed by atoms with Crippen LogP contribution in [0, 0.1) is 5.82 Å². The number of hydrogen-bond acceptors (Lipinski definition) is 6. The minimum Gasteiger partial charge on any atom is -0.480 e. The Morgan fingerprint density at radius 3 is 2.89 bits per heavy atom. The molecule has 3 aliphatic rings. The zero-order valence-electron chi connectivity index (χ0n) is 22.2. The molecule has 2 saturated heterocycles. The van der Waals surface area contributed by atoms with E-state index >= 15 is 0 Å². The Morgan fingerprint density at radius 2 is 2.05 bits per heavy atom. The Bertz CT molecular complexity index is 1090. The Balaban J connectivity index is 1.09. The first kappa shape index (κ1) is 27.0. The van der Waals surface area contributed by atoms with Crippen LogP contribution in [0.15, 0.2) is 30.3 Å². The summed E-state index contributed by atoms with van der Waals surface area (Å²) in [7, 11) is 0. The van der Waals surface area contributed by atoms with E-state index < -0.39 is 17.8 Å². The van der Waals surface area contributed by atoms with E-state index in [1.807, 2.05) is 4.90 Å². The van der Waals surface area contributed by atoms with Crippen LogP contribution in [0.3, 0.4) is 0 Å². The summed E-state index contributed by atoms with van der Waals surface area (Å²) in [4.78, 5) is 19.2.